The van der Waals surface area contributed by atoms with Crippen LogP contribution in [0.5, 0.6) is 0 Å². The van der Waals surface area contributed by atoms with Crippen LogP contribution in [0.2, 0.25) is 0 Å². The summed E-state index contributed by atoms with van der Waals surface area (Å²) in [7, 11) is 0. The Morgan fingerprint density at radius 1 is 1.38 bits per heavy atom. The molecule has 2 atom stereocenters. The van der Waals surface area contributed by atoms with E-state index in [4.69, 9.17) is 45.0 Å². The molecule has 0 aromatic carbocycles. The minimum atomic E-state index is -1.63. The summed E-state index contributed by atoms with van der Waals surface area (Å²) in [5, 5.41) is 17.7. The average Bonchev–Trinajstić information content (AvgIpc) is 1.99. The molecule has 5 nitrogen and oxygen atoms in total. The maximum atomic E-state index is 11.2. The lowest BCUT2D eigenvalue weighted by Gasteiger charge is -2.15. The molecule has 0 amide bonds. The maximum absolute atomic E-state index is 11.2. The summed E-state index contributed by atoms with van der Waals surface area (Å²) < 4.78 is 3.00. The van der Waals surface area contributed by atoms with E-state index in [1.807, 2.05) is 0 Å². The molecule has 0 bridgehead atoms. The summed E-state index contributed by atoms with van der Waals surface area (Å²) in [6.07, 6.45) is -1.41. The standard InChI is InChI=1S/C8H11Cl3O5/c1-4(12)5(6(13)14)7(15)16-3-2-8(9,10)11/h4-5,12H,2-3H2,1H3,(H,13,14). The first-order valence-corrected chi connectivity index (χ1v) is 5.43. The molecule has 0 heterocycles. The molecule has 0 radical (unpaired) electrons. The molecule has 0 aromatic heterocycles. The van der Waals surface area contributed by atoms with Crippen LogP contribution >= 0.6 is 34.8 Å². The highest BCUT2D eigenvalue weighted by Gasteiger charge is 2.33. The largest absolute Gasteiger partial charge is 0.481 e. The van der Waals surface area contributed by atoms with Gasteiger partial charge in [-0.2, -0.15) is 0 Å². The minimum absolute atomic E-state index is 0.0600. The van der Waals surface area contributed by atoms with E-state index in [2.05, 4.69) is 4.74 Å². The number of aliphatic carboxylic acids is 1. The molecular formula is C8H11Cl3O5. The first-order valence-electron chi connectivity index (χ1n) is 4.29. The van der Waals surface area contributed by atoms with Crippen LogP contribution in [-0.4, -0.2) is 38.7 Å². The number of carbonyl (C=O) groups is 2. The van der Waals surface area contributed by atoms with Crippen LogP contribution in [-0.2, 0) is 14.3 Å². The number of halogens is 3. The van der Waals surface area contributed by atoms with Crippen LogP contribution in [0, 0.1) is 5.92 Å². The third-order valence-electron chi connectivity index (χ3n) is 1.63. The molecule has 0 saturated heterocycles. The predicted octanol–water partition coefficient (Wildman–Crippen LogP) is 1.37. The van der Waals surface area contributed by atoms with Crippen LogP contribution in [0.1, 0.15) is 13.3 Å². The normalized spacial score (nSPS) is 15.3. The second-order valence-corrected chi connectivity index (χ2v) is 5.61. The number of hydrogen-bond acceptors (Lipinski definition) is 4. The lowest BCUT2D eigenvalue weighted by Crippen LogP contribution is -2.35. The van der Waals surface area contributed by atoms with Crippen LogP contribution in [0.15, 0.2) is 0 Å². The van der Waals surface area contributed by atoms with E-state index in [1.165, 1.54) is 6.92 Å². The Morgan fingerprint density at radius 3 is 2.19 bits per heavy atom. The lowest BCUT2D eigenvalue weighted by molar-refractivity contribution is -0.163. The zero-order valence-electron chi connectivity index (χ0n) is 8.32. The van der Waals surface area contributed by atoms with Gasteiger partial charge in [0.1, 0.15) is 0 Å². The van der Waals surface area contributed by atoms with Gasteiger partial charge in [-0.05, 0) is 6.92 Å². The monoisotopic (exact) mass is 292 g/mol. The Bertz CT molecular complexity index is 261. The van der Waals surface area contributed by atoms with Crippen molar-refractivity contribution in [2.75, 3.05) is 6.61 Å². The van der Waals surface area contributed by atoms with Gasteiger partial charge < -0.3 is 14.9 Å². The molecule has 0 fully saturated rings. The second-order valence-electron chi connectivity index (χ2n) is 3.09. The van der Waals surface area contributed by atoms with Gasteiger partial charge in [-0.1, -0.05) is 34.8 Å². The molecular weight excluding hydrogens is 282 g/mol. The molecule has 2 N–H and O–H groups in total. The summed E-state index contributed by atoms with van der Waals surface area (Å²) in [5.74, 6) is -4.15. The first-order chi connectivity index (χ1) is 7.15. The minimum Gasteiger partial charge on any atom is -0.481 e. The fourth-order valence-corrected chi connectivity index (χ4v) is 1.09. The van der Waals surface area contributed by atoms with E-state index in [9.17, 15) is 9.59 Å². The van der Waals surface area contributed by atoms with Crippen molar-refractivity contribution in [3.05, 3.63) is 0 Å². The number of rotatable bonds is 5. The van der Waals surface area contributed by atoms with Crippen LogP contribution in [0.25, 0.3) is 0 Å². The molecule has 0 rings (SSSR count). The first kappa shape index (κ1) is 15.8. The Labute approximate surface area is 107 Å². The summed E-state index contributed by atoms with van der Waals surface area (Å²) in [5.41, 5.74) is 0. The fourth-order valence-electron chi connectivity index (χ4n) is 0.861. The van der Waals surface area contributed by atoms with Gasteiger partial charge in [-0.15, -0.1) is 0 Å². The van der Waals surface area contributed by atoms with Gasteiger partial charge in [0.05, 0.1) is 12.7 Å². The van der Waals surface area contributed by atoms with E-state index in [-0.39, 0.29) is 13.0 Å². The van der Waals surface area contributed by atoms with E-state index in [0.717, 1.165) is 0 Å². The van der Waals surface area contributed by atoms with Gasteiger partial charge in [0.2, 0.25) is 0 Å². The Kier molecular flexibility index (Phi) is 6.40. The molecule has 2 unspecified atom stereocenters. The highest BCUT2D eigenvalue weighted by atomic mass is 35.6. The van der Waals surface area contributed by atoms with Crippen LogP contribution < -0.4 is 0 Å². The molecule has 8 heteroatoms. The quantitative estimate of drug-likeness (QED) is 0.454. The Hall–Kier alpha value is -0.230. The SMILES string of the molecule is CC(O)C(C(=O)O)C(=O)OCCC(Cl)(Cl)Cl. The number of carboxylic acids is 1. The second kappa shape index (κ2) is 6.49. The predicted molar refractivity (Wildman–Crippen MR) is 58.7 cm³/mol. The van der Waals surface area contributed by atoms with E-state index in [1.54, 1.807) is 0 Å². The van der Waals surface area contributed by atoms with Gasteiger partial charge in [0, 0.05) is 6.42 Å². The zero-order valence-corrected chi connectivity index (χ0v) is 10.6. The van der Waals surface area contributed by atoms with Crippen molar-refractivity contribution in [1.29, 1.82) is 0 Å². The van der Waals surface area contributed by atoms with Crippen LogP contribution in [0.4, 0.5) is 0 Å². The zero-order chi connectivity index (χ0) is 12.9. The van der Waals surface area contributed by atoms with Crippen molar-refractivity contribution < 1.29 is 24.5 Å². The molecule has 16 heavy (non-hydrogen) atoms. The summed E-state index contributed by atoms with van der Waals surface area (Å²) in [6.45, 7) is 0.945. The smallest absolute Gasteiger partial charge is 0.323 e. The number of aliphatic hydroxyl groups is 1. The molecule has 0 aliphatic heterocycles. The third-order valence-corrected chi connectivity index (χ3v) is 2.20. The fraction of sp³-hybridized carbons (Fsp3) is 0.750. The van der Waals surface area contributed by atoms with E-state index >= 15 is 0 Å². The van der Waals surface area contributed by atoms with Crippen molar-refractivity contribution in [3.63, 3.8) is 0 Å². The Morgan fingerprint density at radius 2 is 1.88 bits per heavy atom. The van der Waals surface area contributed by atoms with Crippen molar-refractivity contribution in [1.82, 2.24) is 0 Å². The van der Waals surface area contributed by atoms with Gasteiger partial charge >= 0.3 is 11.9 Å². The topological polar surface area (TPSA) is 83.8 Å². The van der Waals surface area contributed by atoms with Crippen LogP contribution in [0.3, 0.4) is 0 Å². The number of aliphatic hydroxyl groups excluding tert-OH is 1. The number of carboxylic acid groups (broad SMARTS) is 1. The number of hydrogen-bond donors (Lipinski definition) is 2. The van der Waals surface area contributed by atoms with Gasteiger partial charge in [0.15, 0.2) is 9.71 Å². The number of carbonyl (C=O) groups excluding carboxylic acids is 1. The van der Waals surface area contributed by atoms with Crippen molar-refractivity contribution in [2.24, 2.45) is 5.92 Å². The lowest BCUT2D eigenvalue weighted by atomic mass is 10.1. The number of ether oxygens (including phenoxy) is 1. The maximum Gasteiger partial charge on any atom is 0.323 e. The molecule has 0 aliphatic rings. The van der Waals surface area contributed by atoms with Gasteiger partial charge in [-0.3, -0.25) is 9.59 Å². The highest BCUT2D eigenvalue weighted by molar-refractivity contribution is 6.67. The molecule has 0 spiro atoms. The summed E-state index contributed by atoms with van der Waals surface area (Å²) in [6, 6.07) is 0. The molecule has 0 aromatic rings. The van der Waals surface area contributed by atoms with Crippen molar-refractivity contribution in [3.8, 4) is 0 Å². The summed E-state index contributed by atoms with van der Waals surface area (Å²) in [4.78, 5) is 21.8. The average molecular weight is 294 g/mol. The van der Waals surface area contributed by atoms with Gasteiger partial charge in [-0.25, -0.2) is 0 Å². The van der Waals surface area contributed by atoms with E-state index in [0.29, 0.717) is 0 Å². The molecule has 0 saturated carbocycles. The Balaban J connectivity index is 4.18. The highest BCUT2D eigenvalue weighted by Crippen LogP contribution is 2.29. The van der Waals surface area contributed by atoms with Crippen molar-refractivity contribution in [2.45, 2.75) is 23.2 Å². The molecule has 0 aliphatic carbocycles. The summed E-state index contributed by atoms with van der Waals surface area (Å²) >= 11 is 16.2. The van der Waals surface area contributed by atoms with Gasteiger partial charge in [0.25, 0.3) is 0 Å². The third kappa shape index (κ3) is 6.37. The number of alkyl halides is 3. The number of esters is 1. The van der Waals surface area contributed by atoms with E-state index < -0.39 is 27.8 Å². The molecule has 94 valence electrons. The van der Waals surface area contributed by atoms with Crippen molar-refractivity contribution >= 4 is 46.7 Å².